The lowest BCUT2D eigenvalue weighted by molar-refractivity contribution is 0.0697. The Morgan fingerprint density at radius 2 is 1.81 bits per heavy atom. The molecule has 0 spiro atoms. The molecule has 0 saturated heterocycles. The van der Waals surface area contributed by atoms with Crippen molar-refractivity contribution in [3.63, 3.8) is 0 Å². The van der Waals surface area contributed by atoms with Gasteiger partial charge in [-0.25, -0.2) is 14.8 Å². The SMILES string of the molecule is C=CCCCCc1cnc(-c2ccc(C(=O)O)cc2)nc1. The smallest absolute Gasteiger partial charge is 0.335 e. The van der Waals surface area contributed by atoms with Crippen LogP contribution in [-0.2, 0) is 6.42 Å². The molecule has 21 heavy (non-hydrogen) atoms. The molecule has 0 atom stereocenters. The van der Waals surface area contributed by atoms with Gasteiger partial charge in [-0.3, -0.25) is 0 Å². The van der Waals surface area contributed by atoms with Crippen LogP contribution in [-0.4, -0.2) is 21.0 Å². The molecule has 0 saturated carbocycles. The van der Waals surface area contributed by atoms with E-state index in [0.717, 1.165) is 36.8 Å². The number of nitrogens with zero attached hydrogens (tertiary/aromatic N) is 2. The van der Waals surface area contributed by atoms with Gasteiger partial charge in [-0.15, -0.1) is 6.58 Å². The second-order valence-electron chi connectivity index (χ2n) is 4.83. The molecule has 1 N–H and O–H groups in total. The van der Waals surface area contributed by atoms with Gasteiger partial charge in [-0.05, 0) is 43.4 Å². The Bertz CT molecular complexity index is 604. The van der Waals surface area contributed by atoms with E-state index in [1.54, 1.807) is 24.3 Å². The summed E-state index contributed by atoms with van der Waals surface area (Å²) in [5.74, 6) is -0.320. The molecule has 0 fully saturated rings. The van der Waals surface area contributed by atoms with Gasteiger partial charge in [0.05, 0.1) is 5.56 Å². The Labute approximate surface area is 124 Å². The molecular formula is C17H18N2O2. The first kappa shape index (κ1) is 14.9. The summed E-state index contributed by atoms with van der Waals surface area (Å²) >= 11 is 0. The normalized spacial score (nSPS) is 10.3. The molecule has 1 heterocycles. The summed E-state index contributed by atoms with van der Waals surface area (Å²) < 4.78 is 0. The minimum absolute atomic E-state index is 0.262. The number of unbranched alkanes of at least 4 members (excludes halogenated alkanes) is 2. The van der Waals surface area contributed by atoms with E-state index < -0.39 is 5.97 Å². The molecule has 0 amide bonds. The fraction of sp³-hybridized carbons (Fsp3) is 0.235. The average Bonchev–Trinajstić information content (AvgIpc) is 2.52. The zero-order valence-electron chi connectivity index (χ0n) is 11.8. The minimum atomic E-state index is -0.933. The zero-order valence-corrected chi connectivity index (χ0v) is 11.8. The molecule has 0 aliphatic rings. The number of benzene rings is 1. The van der Waals surface area contributed by atoms with E-state index >= 15 is 0 Å². The third kappa shape index (κ3) is 4.24. The van der Waals surface area contributed by atoms with Gasteiger partial charge in [0, 0.05) is 18.0 Å². The molecule has 0 radical (unpaired) electrons. The summed E-state index contributed by atoms with van der Waals surface area (Å²) in [7, 11) is 0. The second kappa shape index (κ2) is 7.33. The number of allylic oxidation sites excluding steroid dienone is 1. The lowest BCUT2D eigenvalue weighted by Crippen LogP contribution is -1.96. The number of aromatic carboxylic acids is 1. The Hall–Kier alpha value is -2.49. The van der Waals surface area contributed by atoms with Crippen LogP contribution in [0.15, 0.2) is 49.3 Å². The fourth-order valence-electron chi connectivity index (χ4n) is 2.01. The number of hydrogen-bond donors (Lipinski definition) is 1. The summed E-state index contributed by atoms with van der Waals surface area (Å²) in [6, 6.07) is 6.57. The van der Waals surface area contributed by atoms with Gasteiger partial charge < -0.3 is 5.11 Å². The molecule has 2 rings (SSSR count). The fourth-order valence-corrected chi connectivity index (χ4v) is 2.01. The van der Waals surface area contributed by atoms with E-state index in [9.17, 15) is 4.79 Å². The van der Waals surface area contributed by atoms with E-state index in [1.165, 1.54) is 0 Å². The number of carboxylic acids is 1. The van der Waals surface area contributed by atoms with Crippen molar-refractivity contribution in [2.24, 2.45) is 0 Å². The predicted octanol–water partition coefficient (Wildman–Crippen LogP) is 3.74. The monoisotopic (exact) mass is 282 g/mol. The van der Waals surface area contributed by atoms with Crippen LogP contribution in [0.5, 0.6) is 0 Å². The maximum absolute atomic E-state index is 10.8. The maximum atomic E-state index is 10.8. The Kier molecular flexibility index (Phi) is 5.21. The molecule has 0 aliphatic heterocycles. The highest BCUT2D eigenvalue weighted by Crippen LogP contribution is 2.16. The summed E-state index contributed by atoms with van der Waals surface area (Å²) in [6.45, 7) is 3.71. The van der Waals surface area contributed by atoms with Crippen LogP contribution in [0.1, 0.15) is 35.2 Å². The maximum Gasteiger partial charge on any atom is 0.335 e. The third-order valence-corrected chi connectivity index (χ3v) is 3.22. The van der Waals surface area contributed by atoms with Gasteiger partial charge in [-0.2, -0.15) is 0 Å². The summed E-state index contributed by atoms with van der Waals surface area (Å²) in [5, 5.41) is 8.87. The molecule has 0 unspecified atom stereocenters. The molecule has 108 valence electrons. The van der Waals surface area contributed by atoms with Crippen LogP contribution >= 0.6 is 0 Å². The Morgan fingerprint density at radius 1 is 1.14 bits per heavy atom. The van der Waals surface area contributed by atoms with Crippen molar-refractivity contribution < 1.29 is 9.90 Å². The van der Waals surface area contributed by atoms with Crippen LogP contribution in [0.4, 0.5) is 0 Å². The second-order valence-corrected chi connectivity index (χ2v) is 4.83. The van der Waals surface area contributed by atoms with Gasteiger partial charge in [0.2, 0.25) is 0 Å². The van der Waals surface area contributed by atoms with Crippen molar-refractivity contribution in [1.82, 2.24) is 9.97 Å². The third-order valence-electron chi connectivity index (χ3n) is 3.22. The molecule has 4 nitrogen and oxygen atoms in total. The first-order valence-corrected chi connectivity index (χ1v) is 6.96. The molecular weight excluding hydrogens is 264 g/mol. The van der Waals surface area contributed by atoms with Gasteiger partial charge in [0.25, 0.3) is 0 Å². The van der Waals surface area contributed by atoms with Crippen LogP contribution in [0.2, 0.25) is 0 Å². The van der Waals surface area contributed by atoms with Gasteiger partial charge in [-0.1, -0.05) is 18.2 Å². The van der Waals surface area contributed by atoms with Crippen molar-refractivity contribution in [2.75, 3.05) is 0 Å². The van der Waals surface area contributed by atoms with E-state index in [-0.39, 0.29) is 5.56 Å². The van der Waals surface area contributed by atoms with Crippen molar-refractivity contribution >= 4 is 5.97 Å². The van der Waals surface area contributed by atoms with E-state index in [4.69, 9.17) is 5.11 Å². The topological polar surface area (TPSA) is 63.1 Å². The van der Waals surface area contributed by atoms with Crippen molar-refractivity contribution in [2.45, 2.75) is 25.7 Å². The lowest BCUT2D eigenvalue weighted by atomic mass is 10.1. The first-order valence-electron chi connectivity index (χ1n) is 6.96. The highest BCUT2D eigenvalue weighted by Gasteiger charge is 2.05. The highest BCUT2D eigenvalue weighted by atomic mass is 16.4. The Balaban J connectivity index is 2.01. The van der Waals surface area contributed by atoms with Crippen LogP contribution in [0.3, 0.4) is 0 Å². The first-order chi connectivity index (χ1) is 10.2. The van der Waals surface area contributed by atoms with Crippen LogP contribution in [0, 0.1) is 0 Å². The zero-order chi connectivity index (χ0) is 15.1. The highest BCUT2D eigenvalue weighted by molar-refractivity contribution is 5.88. The van der Waals surface area contributed by atoms with Crippen LogP contribution < -0.4 is 0 Å². The molecule has 1 aromatic carbocycles. The van der Waals surface area contributed by atoms with Crippen molar-refractivity contribution in [1.29, 1.82) is 0 Å². The molecule has 0 aliphatic carbocycles. The standard InChI is InChI=1S/C17H18N2O2/c1-2-3-4-5-6-13-11-18-16(19-12-13)14-7-9-15(10-8-14)17(20)21/h2,7-12H,1,3-6H2,(H,20,21). The van der Waals surface area contributed by atoms with Crippen molar-refractivity contribution in [3.05, 3.63) is 60.4 Å². The summed E-state index contributed by atoms with van der Waals surface area (Å²) in [6.07, 6.45) is 9.83. The summed E-state index contributed by atoms with van der Waals surface area (Å²) in [4.78, 5) is 19.5. The number of rotatable bonds is 7. The average molecular weight is 282 g/mol. The number of carboxylic acid groups (broad SMARTS) is 1. The van der Waals surface area contributed by atoms with Crippen molar-refractivity contribution in [3.8, 4) is 11.4 Å². The molecule has 0 bridgehead atoms. The summed E-state index contributed by atoms with van der Waals surface area (Å²) in [5.41, 5.74) is 2.20. The Morgan fingerprint density at radius 3 is 2.38 bits per heavy atom. The lowest BCUT2D eigenvalue weighted by Gasteiger charge is -2.03. The quantitative estimate of drug-likeness (QED) is 0.620. The van der Waals surface area contributed by atoms with Crippen LogP contribution in [0.25, 0.3) is 11.4 Å². The molecule has 2 aromatic rings. The van der Waals surface area contributed by atoms with E-state index in [1.807, 2.05) is 18.5 Å². The minimum Gasteiger partial charge on any atom is -0.478 e. The predicted molar refractivity (Wildman–Crippen MR) is 82.2 cm³/mol. The van der Waals surface area contributed by atoms with E-state index in [2.05, 4.69) is 16.5 Å². The number of aromatic nitrogens is 2. The van der Waals surface area contributed by atoms with Gasteiger partial charge in [0.15, 0.2) is 5.82 Å². The van der Waals surface area contributed by atoms with Gasteiger partial charge >= 0.3 is 5.97 Å². The largest absolute Gasteiger partial charge is 0.478 e. The van der Waals surface area contributed by atoms with Gasteiger partial charge in [0.1, 0.15) is 0 Å². The molecule has 4 heteroatoms. The number of aryl methyl sites for hydroxylation is 1. The number of hydrogen-bond acceptors (Lipinski definition) is 3. The number of carbonyl (C=O) groups is 1. The molecule has 1 aromatic heterocycles. The van der Waals surface area contributed by atoms with E-state index in [0.29, 0.717) is 5.82 Å².